The maximum atomic E-state index is 12.6. The highest BCUT2D eigenvalue weighted by Crippen LogP contribution is 2.29. The average molecular weight is 394 g/mol. The summed E-state index contributed by atoms with van der Waals surface area (Å²) >= 11 is 1.65. The van der Waals surface area contributed by atoms with Crippen LogP contribution in [0.2, 0.25) is 0 Å². The summed E-state index contributed by atoms with van der Waals surface area (Å²) < 4.78 is 5.41. The van der Waals surface area contributed by atoms with Crippen LogP contribution >= 0.6 is 11.8 Å². The fraction of sp³-hybridized carbons (Fsp3) is 0.0952. The van der Waals surface area contributed by atoms with Gasteiger partial charge in [0.1, 0.15) is 5.75 Å². The van der Waals surface area contributed by atoms with Crippen LogP contribution in [0.5, 0.6) is 5.75 Å². The molecule has 0 aliphatic rings. The highest BCUT2D eigenvalue weighted by molar-refractivity contribution is 7.98. The topological polar surface area (TPSA) is 81.5 Å². The van der Waals surface area contributed by atoms with Crippen LogP contribution in [0.1, 0.15) is 15.9 Å². The Bertz CT molecular complexity index is 993. The van der Waals surface area contributed by atoms with Crippen molar-refractivity contribution in [2.75, 3.05) is 12.4 Å². The maximum Gasteiger partial charge on any atom is 0.271 e. The molecule has 0 aliphatic carbocycles. The molecule has 1 N–H and O–H groups in total. The monoisotopic (exact) mass is 394 g/mol. The molecule has 0 bridgehead atoms. The summed E-state index contributed by atoms with van der Waals surface area (Å²) in [5, 5.41) is 13.6. The van der Waals surface area contributed by atoms with Gasteiger partial charge in [-0.2, -0.15) is 0 Å². The number of thioether (sulfide) groups is 1. The molecule has 0 aromatic heterocycles. The van der Waals surface area contributed by atoms with Crippen LogP contribution in [0.25, 0.3) is 0 Å². The van der Waals surface area contributed by atoms with Crippen LogP contribution in [0.4, 0.5) is 11.4 Å². The van der Waals surface area contributed by atoms with Gasteiger partial charge in [-0.25, -0.2) is 0 Å². The maximum absolute atomic E-state index is 12.6. The molecule has 3 aromatic carbocycles. The van der Waals surface area contributed by atoms with Crippen molar-refractivity contribution in [3.63, 3.8) is 0 Å². The molecule has 3 aromatic rings. The van der Waals surface area contributed by atoms with E-state index < -0.39 is 4.92 Å². The van der Waals surface area contributed by atoms with Gasteiger partial charge in [-0.15, -0.1) is 11.8 Å². The van der Waals surface area contributed by atoms with E-state index in [-0.39, 0.29) is 11.6 Å². The molecular formula is C21H18N2O4S. The van der Waals surface area contributed by atoms with E-state index in [1.807, 2.05) is 30.3 Å². The zero-order valence-corrected chi connectivity index (χ0v) is 15.9. The number of carbonyl (C=O) groups is 1. The molecular weight excluding hydrogens is 376 g/mol. The van der Waals surface area contributed by atoms with Gasteiger partial charge in [-0.3, -0.25) is 14.9 Å². The van der Waals surface area contributed by atoms with Crippen LogP contribution in [-0.2, 0) is 5.75 Å². The lowest BCUT2D eigenvalue weighted by molar-refractivity contribution is -0.384. The fourth-order valence-electron chi connectivity index (χ4n) is 2.61. The van der Waals surface area contributed by atoms with Crippen molar-refractivity contribution < 1.29 is 14.5 Å². The Kier molecular flexibility index (Phi) is 6.29. The van der Waals surface area contributed by atoms with E-state index in [1.165, 1.54) is 18.2 Å². The van der Waals surface area contributed by atoms with Crippen LogP contribution in [0, 0.1) is 10.1 Å². The molecule has 0 fully saturated rings. The van der Waals surface area contributed by atoms with E-state index in [9.17, 15) is 14.9 Å². The lowest BCUT2D eigenvalue weighted by atomic mass is 10.1. The highest BCUT2D eigenvalue weighted by Gasteiger charge is 2.13. The first-order chi connectivity index (χ1) is 13.6. The van der Waals surface area contributed by atoms with Crippen molar-refractivity contribution in [3.05, 3.63) is 94.0 Å². The summed E-state index contributed by atoms with van der Waals surface area (Å²) in [6, 6.07) is 21.0. The zero-order valence-electron chi connectivity index (χ0n) is 15.1. The SMILES string of the molecule is COc1ccc(C(=O)Nc2cccc([N+](=O)[O-])c2)cc1CSc1ccccc1. The number of nitro benzene ring substituents is 1. The molecule has 0 atom stereocenters. The number of hydrogen-bond donors (Lipinski definition) is 1. The fourth-order valence-corrected chi connectivity index (χ4v) is 3.51. The Balaban J connectivity index is 1.77. The van der Waals surface area contributed by atoms with Crippen molar-refractivity contribution in [1.29, 1.82) is 0 Å². The van der Waals surface area contributed by atoms with Gasteiger partial charge in [-0.05, 0) is 36.4 Å². The van der Waals surface area contributed by atoms with Crippen molar-refractivity contribution in [2.24, 2.45) is 0 Å². The summed E-state index contributed by atoms with van der Waals surface area (Å²) in [5.74, 6) is 1.01. The smallest absolute Gasteiger partial charge is 0.271 e. The summed E-state index contributed by atoms with van der Waals surface area (Å²) in [7, 11) is 1.59. The molecule has 6 nitrogen and oxygen atoms in total. The molecule has 142 valence electrons. The minimum atomic E-state index is -0.498. The predicted molar refractivity (Wildman–Crippen MR) is 110 cm³/mol. The Morgan fingerprint density at radius 2 is 1.86 bits per heavy atom. The number of methoxy groups -OCH3 is 1. The van der Waals surface area contributed by atoms with Gasteiger partial charge in [0.05, 0.1) is 12.0 Å². The number of ether oxygens (including phenoxy) is 1. The van der Waals surface area contributed by atoms with Gasteiger partial charge in [0.15, 0.2) is 0 Å². The van der Waals surface area contributed by atoms with Crippen molar-refractivity contribution in [1.82, 2.24) is 0 Å². The number of benzene rings is 3. The third kappa shape index (κ3) is 4.89. The lowest BCUT2D eigenvalue weighted by Gasteiger charge is -2.11. The molecule has 0 aliphatic heterocycles. The number of amides is 1. The Hall–Kier alpha value is -3.32. The zero-order chi connectivity index (χ0) is 19.9. The van der Waals surface area contributed by atoms with Crippen LogP contribution in [0.3, 0.4) is 0 Å². The van der Waals surface area contributed by atoms with Gasteiger partial charge in [-0.1, -0.05) is 24.3 Å². The Morgan fingerprint density at radius 3 is 2.57 bits per heavy atom. The molecule has 0 radical (unpaired) electrons. The highest BCUT2D eigenvalue weighted by atomic mass is 32.2. The molecule has 3 rings (SSSR count). The second-order valence-corrected chi connectivity index (χ2v) is 6.94. The summed E-state index contributed by atoms with van der Waals surface area (Å²) in [6.07, 6.45) is 0. The van der Waals surface area contributed by atoms with Crippen LogP contribution in [0.15, 0.2) is 77.7 Å². The third-order valence-corrected chi connectivity index (χ3v) is 5.06. The minimum absolute atomic E-state index is 0.0764. The number of nitro groups is 1. The Morgan fingerprint density at radius 1 is 1.07 bits per heavy atom. The number of hydrogen-bond acceptors (Lipinski definition) is 5. The summed E-state index contributed by atoms with van der Waals surface area (Å²) in [6.45, 7) is 0. The van der Waals surface area contributed by atoms with E-state index in [2.05, 4.69) is 5.32 Å². The second kappa shape index (κ2) is 9.05. The van der Waals surface area contributed by atoms with E-state index >= 15 is 0 Å². The number of non-ortho nitro benzene ring substituents is 1. The molecule has 0 saturated carbocycles. The molecule has 0 unspecified atom stereocenters. The normalized spacial score (nSPS) is 10.3. The molecule has 7 heteroatoms. The molecule has 28 heavy (non-hydrogen) atoms. The molecule has 1 amide bonds. The van der Waals surface area contributed by atoms with Crippen molar-refractivity contribution in [2.45, 2.75) is 10.6 Å². The van der Waals surface area contributed by atoms with Gasteiger partial charge in [0.25, 0.3) is 11.6 Å². The van der Waals surface area contributed by atoms with Crippen LogP contribution < -0.4 is 10.1 Å². The summed E-state index contributed by atoms with van der Waals surface area (Å²) in [4.78, 5) is 24.1. The van der Waals surface area contributed by atoms with Gasteiger partial charge < -0.3 is 10.1 Å². The third-order valence-electron chi connectivity index (χ3n) is 3.99. The number of carbonyl (C=O) groups excluding carboxylic acids is 1. The number of rotatable bonds is 7. The van der Waals surface area contributed by atoms with Gasteiger partial charge in [0, 0.05) is 39.6 Å². The first kappa shape index (κ1) is 19.4. The summed E-state index contributed by atoms with van der Waals surface area (Å²) in [5.41, 5.74) is 1.64. The van der Waals surface area contributed by atoms with E-state index in [4.69, 9.17) is 4.74 Å². The van der Waals surface area contributed by atoms with Gasteiger partial charge >= 0.3 is 0 Å². The molecule has 0 saturated heterocycles. The number of anilines is 1. The van der Waals surface area contributed by atoms with E-state index in [0.717, 1.165) is 10.5 Å². The second-order valence-electron chi connectivity index (χ2n) is 5.89. The predicted octanol–water partition coefficient (Wildman–Crippen LogP) is 5.15. The molecule has 0 spiro atoms. The van der Waals surface area contributed by atoms with Crippen molar-refractivity contribution >= 4 is 29.0 Å². The number of nitrogens with one attached hydrogen (secondary N) is 1. The van der Waals surface area contributed by atoms with Gasteiger partial charge in [0.2, 0.25) is 0 Å². The first-order valence-corrected chi connectivity index (χ1v) is 9.46. The van der Waals surface area contributed by atoms with Crippen molar-refractivity contribution in [3.8, 4) is 5.75 Å². The largest absolute Gasteiger partial charge is 0.496 e. The lowest BCUT2D eigenvalue weighted by Crippen LogP contribution is -2.12. The van der Waals surface area contributed by atoms with E-state index in [0.29, 0.717) is 22.8 Å². The van der Waals surface area contributed by atoms with Crippen LogP contribution in [-0.4, -0.2) is 17.9 Å². The quantitative estimate of drug-likeness (QED) is 0.340. The van der Waals surface area contributed by atoms with E-state index in [1.54, 1.807) is 43.1 Å². The molecule has 0 heterocycles. The number of nitrogens with zero attached hydrogens (tertiary/aromatic N) is 1. The minimum Gasteiger partial charge on any atom is -0.496 e. The first-order valence-electron chi connectivity index (χ1n) is 8.47. The average Bonchev–Trinajstić information content (AvgIpc) is 2.73. The standard InChI is InChI=1S/C21H18N2O4S/c1-27-20-11-10-15(12-16(20)14-28-19-8-3-2-4-9-19)21(24)22-17-6-5-7-18(13-17)23(25)26/h2-13H,14H2,1H3,(H,22,24). The Labute approximate surface area is 166 Å².